The Morgan fingerprint density at radius 1 is 1.08 bits per heavy atom. The lowest BCUT2D eigenvalue weighted by Crippen LogP contribution is -2.02. The number of rotatable bonds is 4. The van der Waals surface area contributed by atoms with Crippen molar-refractivity contribution in [1.29, 1.82) is 0 Å². The first kappa shape index (κ1) is 15.1. The van der Waals surface area contributed by atoms with E-state index in [0.717, 1.165) is 17.1 Å². The number of anilines is 2. The molecule has 0 atom stereocenters. The summed E-state index contributed by atoms with van der Waals surface area (Å²) in [6.45, 7) is 0. The van der Waals surface area contributed by atoms with Crippen LogP contribution in [0.1, 0.15) is 0 Å². The van der Waals surface area contributed by atoms with Crippen molar-refractivity contribution in [3.05, 3.63) is 48.7 Å². The Kier molecular flexibility index (Phi) is 3.57. The van der Waals surface area contributed by atoms with Gasteiger partial charge in [-0.2, -0.15) is 10.2 Å². The summed E-state index contributed by atoms with van der Waals surface area (Å²) in [5.74, 6) is 1.22. The normalized spacial score (nSPS) is 11.0. The van der Waals surface area contributed by atoms with E-state index >= 15 is 0 Å². The second-order valence-electron chi connectivity index (χ2n) is 5.62. The minimum absolute atomic E-state index is 0.0612. The molecule has 4 rings (SSSR count). The van der Waals surface area contributed by atoms with Gasteiger partial charge in [-0.1, -0.05) is 30.3 Å². The molecule has 0 saturated heterocycles. The van der Waals surface area contributed by atoms with Crippen LogP contribution in [0.4, 0.5) is 16.2 Å². The maximum atomic E-state index is 12.9. The van der Waals surface area contributed by atoms with Gasteiger partial charge in [0.1, 0.15) is 11.6 Å². The zero-order valence-electron chi connectivity index (χ0n) is 13.6. The number of aromatic nitrogens is 5. The number of nitrogens with zero attached hydrogens (tertiary/aromatic N) is 5. The highest BCUT2D eigenvalue weighted by Gasteiger charge is 2.14. The zero-order chi connectivity index (χ0) is 17.4. The Bertz CT molecular complexity index is 1040. The summed E-state index contributed by atoms with van der Waals surface area (Å²) in [4.78, 5) is 8.43. The van der Waals surface area contributed by atoms with Crippen molar-refractivity contribution >= 4 is 22.7 Å². The standard InChI is InChI=1S/C17H15FN6O/c1-23-16(8-13(22-23)11-6-4-3-5-7-11)20-15-9-14(25-18)12-10-19-24(2)17(12)21-15/h3-10H,1-2H3,(H,20,21). The average Bonchev–Trinajstić information content (AvgIpc) is 3.19. The van der Waals surface area contributed by atoms with E-state index < -0.39 is 0 Å². The molecule has 3 aromatic heterocycles. The molecule has 1 aromatic carbocycles. The molecule has 0 spiro atoms. The smallest absolute Gasteiger partial charge is 0.188 e. The van der Waals surface area contributed by atoms with Crippen LogP contribution in [-0.4, -0.2) is 24.5 Å². The number of aryl methyl sites for hydroxylation is 2. The van der Waals surface area contributed by atoms with Crippen molar-refractivity contribution in [1.82, 2.24) is 24.5 Å². The van der Waals surface area contributed by atoms with E-state index in [1.165, 1.54) is 12.3 Å². The van der Waals surface area contributed by atoms with E-state index in [-0.39, 0.29) is 5.75 Å². The third-order valence-electron chi connectivity index (χ3n) is 3.96. The van der Waals surface area contributed by atoms with E-state index in [1.54, 1.807) is 16.4 Å². The molecule has 1 N–H and O–H groups in total. The Hall–Kier alpha value is -3.42. The van der Waals surface area contributed by atoms with Crippen LogP contribution in [0.3, 0.4) is 0 Å². The number of pyridine rings is 1. The van der Waals surface area contributed by atoms with Crippen LogP contribution in [0, 0.1) is 0 Å². The molecule has 0 fully saturated rings. The van der Waals surface area contributed by atoms with Crippen molar-refractivity contribution in [2.75, 3.05) is 5.32 Å². The molecular weight excluding hydrogens is 323 g/mol. The average molecular weight is 338 g/mol. The minimum atomic E-state index is 0.0612. The molecule has 0 amide bonds. The van der Waals surface area contributed by atoms with Gasteiger partial charge in [-0.25, -0.2) is 4.98 Å². The third-order valence-corrected chi connectivity index (χ3v) is 3.96. The van der Waals surface area contributed by atoms with Gasteiger partial charge in [0.05, 0.1) is 17.3 Å². The van der Waals surface area contributed by atoms with Gasteiger partial charge in [-0.15, -0.1) is 0 Å². The van der Waals surface area contributed by atoms with Crippen molar-refractivity contribution in [3.63, 3.8) is 0 Å². The molecular formula is C17H15FN6O. The molecule has 0 aliphatic rings. The summed E-state index contributed by atoms with van der Waals surface area (Å²) in [5, 5.41) is 12.2. The second-order valence-corrected chi connectivity index (χ2v) is 5.62. The van der Waals surface area contributed by atoms with Gasteiger partial charge in [0.15, 0.2) is 11.4 Å². The Balaban J connectivity index is 1.72. The molecule has 0 bridgehead atoms. The fraction of sp³-hybridized carbons (Fsp3) is 0.118. The third kappa shape index (κ3) is 2.67. The lowest BCUT2D eigenvalue weighted by atomic mass is 10.2. The van der Waals surface area contributed by atoms with Gasteiger partial charge >= 0.3 is 0 Å². The summed E-state index contributed by atoms with van der Waals surface area (Å²) in [6, 6.07) is 13.2. The largest absolute Gasteiger partial charge is 0.325 e. The highest BCUT2D eigenvalue weighted by molar-refractivity contribution is 5.84. The summed E-state index contributed by atoms with van der Waals surface area (Å²) >= 11 is 0. The van der Waals surface area contributed by atoms with Crippen LogP contribution in [0.2, 0.25) is 0 Å². The Morgan fingerprint density at radius 3 is 2.64 bits per heavy atom. The van der Waals surface area contributed by atoms with Crippen LogP contribution >= 0.6 is 0 Å². The van der Waals surface area contributed by atoms with Crippen molar-refractivity contribution in [2.45, 2.75) is 0 Å². The van der Waals surface area contributed by atoms with E-state index in [9.17, 15) is 4.53 Å². The van der Waals surface area contributed by atoms with Gasteiger partial charge in [-0.05, 0) is 0 Å². The van der Waals surface area contributed by atoms with Crippen molar-refractivity contribution in [2.24, 2.45) is 14.1 Å². The molecule has 25 heavy (non-hydrogen) atoms. The maximum absolute atomic E-state index is 12.9. The van der Waals surface area contributed by atoms with Gasteiger partial charge in [-0.3, -0.25) is 14.3 Å². The van der Waals surface area contributed by atoms with Crippen LogP contribution in [0.5, 0.6) is 5.75 Å². The molecule has 7 nitrogen and oxygen atoms in total. The number of nitrogens with one attached hydrogen (secondary N) is 1. The van der Waals surface area contributed by atoms with E-state index in [2.05, 4.69) is 25.4 Å². The molecule has 8 heteroatoms. The van der Waals surface area contributed by atoms with Gasteiger partial charge in [0, 0.05) is 36.3 Å². The number of benzene rings is 1. The predicted molar refractivity (Wildman–Crippen MR) is 92.2 cm³/mol. The molecule has 0 aliphatic heterocycles. The SMILES string of the molecule is Cn1nc(-c2ccccc2)cc1Nc1cc(OF)c2cnn(C)c2n1. The first-order valence-corrected chi connectivity index (χ1v) is 7.63. The first-order valence-electron chi connectivity index (χ1n) is 7.63. The zero-order valence-corrected chi connectivity index (χ0v) is 13.6. The first-order chi connectivity index (χ1) is 12.2. The molecule has 0 unspecified atom stereocenters. The molecule has 126 valence electrons. The molecule has 0 saturated carbocycles. The number of fused-ring (bicyclic) bond motifs is 1. The van der Waals surface area contributed by atoms with Gasteiger partial charge < -0.3 is 5.32 Å². The van der Waals surface area contributed by atoms with Crippen LogP contribution in [-0.2, 0) is 14.1 Å². The maximum Gasteiger partial charge on any atom is 0.188 e. The topological polar surface area (TPSA) is 69.8 Å². The summed E-state index contributed by atoms with van der Waals surface area (Å²) in [7, 11) is 3.56. The fourth-order valence-electron chi connectivity index (χ4n) is 2.68. The van der Waals surface area contributed by atoms with Crippen molar-refractivity contribution < 1.29 is 9.47 Å². The Morgan fingerprint density at radius 2 is 1.88 bits per heavy atom. The lowest BCUT2D eigenvalue weighted by Gasteiger charge is -2.07. The summed E-state index contributed by atoms with van der Waals surface area (Å²) in [5.41, 5.74) is 2.35. The van der Waals surface area contributed by atoms with E-state index in [0.29, 0.717) is 16.9 Å². The Labute approximate surface area is 142 Å². The highest BCUT2D eigenvalue weighted by atomic mass is 19.3. The molecule has 0 radical (unpaired) electrons. The summed E-state index contributed by atoms with van der Waals surface area (Å²) < 4.78 is 16.1. The highest BCUT2D eigenvalue weighted by Crippen LogP contribution is 2.29. The molecule has 4 aromatic rings. The quantitative estimate of drug-likeness (QED) is 0.618. The van der Waals surface area contributed by atoms with Crippen LogP contribution in [0.25, 0.3) is 22.3 Å². The van der Waals surface area contributed by atoms with Gasteiger partial charge in [0.25, 0.3) is 0 Å². The second kappa shape index (κ2) is 5.90. The van der Waals surface area contributed by atoms with Crippen molar-refractivity contribution in [3.8, 4) is 17.0 Å². The van der Waals surface area contributed by atoms with E-state index in [4.69, 9.17) is 0 Å². The fourth-order valence-corrected chi connectivity index (χ4v) is 2.68. The monoisotopic (exact) mass is 338 g/mol. The molecule has 0 aliphatic carbocycles. The number of hydrogen-bond donors (Lipinski definition) is 1. The van der Waals surface area contributed by atoms with E-state index in [1.807, 2.05) is 43.4 Å². The number of hydrogen-bond acceptors (Lipinski definition) is 5. The molecule has 3 heterocycles. The lowest BCUT2D eigenvalue weighted by molar-refractivity contribution is -0.00422. The van der Waals surface area contributed by atoms with Gasteiger partial charge in [0.2, 0.25) is 0 Å². The minimum Gasteiger partial charge on any atom is -0.325 e. The number of halogens is 1. The van der Waals surface area contributed by atoms with Crippen LogP contribution < -0.4 is 10.3 Å². The predicted octanol–water partition coefficient (Wildman–Crippen LogP) is 3.38. The summed E-state index contributed by atoms with van der Waals surface area (Å²) in [6.07, 6.45) is 1.51. The van der Waals surface area contributed by atoms with Crippen LogP contribution in [0.15, 0.2) is 48.7 Å².